The van der Waals surface area contributed by atoms with E-state index < -0.39 is 23.4 Å². The molecule has 0 saturated carbocycles. The molecule has 0 radical (unpaired) electrons. The van der Waals surface area contributed by atoms with E-state index in [-0.39, 0.29) is 24.0 Å². The Hall–Kier alpha value is -3.33. The summed E-state index contributed by atoms with van der Waals surface area (Å²) in [6.07, 6.45) is -1.73. The van der Waals surface area contributed by atoms with Crippen LogP contribution in [0.4, 0.5) is 14.7 Å². The van der Waals surface area contributed by atoms with Crippen LogP contribution in [0.2, 0.25) is 5.02 Å². The number of aromatic nitrogens is 3. The number of imidazole rings is 1. The lowest BCUT2D eigenvalue weighted by atomic mass is 9.95. The third kappa shape index (κ3) is 5.92. The Labute approximate surface area is 195 Å². The van der Waals surface area contributed by atoms with Gasteiger partial charge in [-0.3, -0.25) is 19.9 Å². The van der Waals surface area contributed by atoms with E-state index in [0.717, 1.165) is 5.56 Å². The van der Waals surface area contributed by atoms with Gasteiger partial charge in [0.25, 0.3) is 12.3 Å². The average molecular weight is 476 g/mol. The maximum atomic E-state index is 13.5. The number of aromatic amines is 1. The lowest BCUT2D eigenvalue weighted by molar-refractivity contribution is -0.128. The summed E-state index contributed by atoms with van der Waals surface area (Å²) in [6, 6.07) is 8.33. The van der Waals surface area contributed by atoms with E-state index in [0.29, 0.717) is 22.0 Å². The van der Waals surface area contributed by atoms with Crippen LogP contribution in [0, 0.1) is 12.3 Å². The SMILES string of the molecule is Cc1nc(NC(=O)c2cc(CNC(=O)C(C)(C)C)cnc2C(F)F)[nH]c1-c1ccc(Cl)cc1. The third-order valence-electron chi connectivity index (χ3n) is 4.81. The molecule has 1 aromatic carbocycles. The van der Waals surface area contributed by atoms with Crippen LogP contribution in [0.3, 0.4) is 0 Å². The Morgan fingerprint density at radius 1 is 1.18 bits per heavy atom. The van der Waals surface area contributed by atoms with Gasteiger partial charge in [0.15, 0.2) is 0 Å². The van der Waals surface area contributed by atoms with Gasteiger partial charge in [-0.05, 0) is 36.2 Å². The number of amides is 2. The molecule has 0 atom stereocenters. The maximum absolute atomic E-state index is 13.5. The molecule has 0 aliphatic rings. The first kappa shape index (κ1) is 24.3. The van der Waals surface area contributed by atoms with Gasteiger partial charge in [-0.1, -0.05) is 44.5 Å². The molecule has 0 spiro atoms. The molecule has 7 nitrogen and oxygen atoms in total. The van der Waals surface area contributed by atoms with Gasteiger partial charge >= 0.3 is 0 Å². The molecule has 3 aromatic rings. The van der Waals surface area contributed by atoms with Gasteiger partial charge in [0.05, 0.1) is 17.0 Å². The number of halogens is 3. The van der Waals surface area contributed by atoms with Crippen molar-refractivity contribution in [1.82, 2.24) is 20.3 Å². The predicted molar refractivity (Wildman–Crippen MR) is 122 cm³/mol. The van der Waals surface area contributed by atoms with Crippen molar-refractivity contribution in [2.75, 3.05) is 5.32 Å². The lowest BCUT2D eigenvalue weighted by Gasteiger charge is -2.18. The molecule has 0 fully saturated rings. The number of rotatable bonds is 6. The normalized spacial score (nSPS) is 11.5. The van der Waals surface area contributed by atoms with Crippen LogP contribution in [-0.4, -0.2) is 26.8 Å². The first-order valence-electron chi connectivity index (χ1n) is 10.1. The van der Waals surface area contributed by atoms with Gasteiger partial charge in [0.1, 0.15) is 5.69 Å². The topological polar surface area (TPSA) is 99.8 Å². The Morgan fingerprint density at radius 3 is 2.45 bits per heavy atom. The monoisotopic (exact) mass is 475 g/mol. The summed E-state index contributed by atoms with van der Waals surface area (Å²) in [7, 11) is 0. The molecule has 0 bridgehead atoms. The summed E-state index contributed by atoms with van der Waals surface area (Å²) >= 11 is 5.92. The Kier molecular flexibility index (Phi) is 7.12. The summed E-state index contributed by atoms with van der Waals surface area (Å²) < 4.78 is 27.0. The number of alkyl halides is 2. The molecule has 0 aliphatic heterocycles. The van der Waals surface area contributed by atoms with Gasteiger partial charge in [0.2, 0.25) is 11.9 Å². The van der Waals surface area contributed by atoms with E-state index in [2.05, 4.69) is 25.6 Å². The number of pyridine rings is 1. The highest BCUT2D eigenvalue weighted by Gasteiger charge is 2.24. The summed E-state index contributed by atoms with van der Waals surface area (Å²) in [5.74, 6) is -0.903. The van der Waals surface area contributed by atoms with E-state index in [1.54, 1.807) is 52.0 Å². The van der Waals surface area contributed by atoms with Crippen LogP contribution in [0.1, 0.15) is 54.5 Å². The Balaban J connectivity index is 1.83. The average Bonchev–Trinajstić information content (AvgIpc) is 3.11. The van der Waals surface area contributed by atoms with Crippen LogP contribution >= 0.6 is 11.6 Å². The van der Waals surface area contributed by atoms with Crippen molar-refractivity contribution in [2.24, 2.45) is 5.41 Å². The van der Waals surface area contributed by atoms with Crippen molar-refractivity contribution in [1.29, 1.82) is 0 Å². The number of carbonyl (C=O) groups excluding carboxylic acids is 2. The fourth-order valence-electron chi connectivity index (χ4n) is 3.01. The summed E-state index contributed by atoms with van der Waals surface area (Å²) in [6.45, 7) is 7.06. The zero-order valence-corrected chi connectivity index (χ0v) is 19.3. The van der Waals surface area contributed by atoms with Crippen molar-refractivity contribution in [3.63, 3.8) is 0 Å². The van der Waals surface area contributed by atoms with Crippen molar-refractivity contribution >= 4 is 29.4 Å². The van der Waals surface area contributed by atoms with Crippen molar-refractivity contribution in [2.45, 2.75) is 40.7 Å². The summed E-state index contributed by atoms with van der Waals surface area (Å²) in [5, 5.41) is 5.81. The lowest BCUT2D eigenvalue weighted by Crippen LogP contribution is -2.34. The molecule has 174 valence electrons. The second-order valence-corrected chi connectivity index (χ2v) is 8.95. The van der Waals surface area contributed by atoms with Gasteiger partial charge in [-0.2, -0.15) is 0 Å². The number of anilines is 1. The number of hydrogen-bond acceptors (Lipinski definition) is 4. The van der Waals surface area contributed by atoms with Crippen LogP contribution in [-0.2, 0) is 11.3 Å². The summed E-state index contributed by atoms with van der Waals surface area (Å²) in [4.78, 5) is 35.9. The molecule has 10 heteroatoms. The largest absolute Gasteiger partial charge is 0.352 e. The van der Waals surface area contributed by atoms with Crippen molar-refractivity contribution in [3.8, 4) is 11.3 Å². The minimum atomic E-state index is -2.95. The first-order valence-corrected chi connectivity index (χ1v) is 10.5. The molecule has 2 amide bonds. The van der Waals surface area contributed by atoms with E-state index in [9.17, 15) is 18.4 Å². The van der Waals surface area contributed by atoms with E-state index in [1.165, 1.54) is 12.3 Å². The quantitative estimate of drug-likeness (QED) is 0.451. The minimum absolute atomic E-state index is 0.0491. The van der Waals surface area contributed by atoms with Crippen molar-refractivity contribution < 1.29 is 18.4 Å². The molecule has 2 aromatic heterocycles. The Morgan fingerprint density at radius 2 is 1.85 bits per heavy atom. The Bertz CT molecular complexity index is 1170. The molecule has 0 unspecified atom stereocenters. The smallest absolute Gasteiger partial charge is 0.281 e. The number of hydrogen-bond donors (Lipinski definition) is 3. The fraction of sp³-hybridized carbons (Fsp3) is 0.304. The van der Waals surface area contributed by atoms with E-state index in [1.807, 2.05) is 0 Å². The molecule has 3 rings (SSSR count). The second-order valence-electron chi connectivity index (χ2n) is 8.52. The van der Waals surface area contributed by atoms with Crippen molar-refractivity contribution in [3.05, 3.63) is 64.1 Å². The number of benzene rings is 1. The number of H-pyrrole nitrogens is 1. The first-order chi connectivity index (χ1) is 15.5. The number of nitrogens with zero attached hydrogens (tertiary/aromatic N) is 2. The second kappa shape index (κ2) is 9.66. The van der Waals surface area contributed by atoms with E-state index in [4.69, 9.17) is 11.6 Å². The maximum Gasteiger partial charge on any atom is 0.281 e. The molecule has 2 heterocycles. The highest BCUT2D eigenvalue weighted by molar-refractivity contribution is 6.30. The number of aryl methyl sites for hydroxylation is 1. The predicted octanol–water partition coefficient (Wildman–Crippen LogP) is 5.29. The zero-order valence-electron chi connectivity index (χ0n) is 18.6. The third-order valence-corrected chi connectivity index (χ3v) is 5.06. The number of nitrogens with one attached hydrogen (secondary N) is 3. The molecule has 3 N–H and O–H groups in total. The fourth-order valence-corrected chi connectivity index (χ4v) is 3.14. The molecule has 0 saturated heterocycles. The van der Waals surface area contributed by atoms with Crippen LogP contribution in [0.25, 0.3) is 11.3 Å². The summed E-state index contributed by atoms with van der Waals surface area (Å²) in [5.41, 5.74) is 0.923. The minimum Gasteiger partial charge on any atom is -0.352 e. The van der Waals surface area contributed by atoms with E-state index >= 15 is 0 Å². The zero-order chi connectivity index (χ0) is 24.3. The van der Waals surface area contributed by atoms with Crippen LogP contribution in [0.15, 0.2) is 36.5 Å². The molecular weight excluding hydrogens is 452 g/mol. The highest BCUT2D eigenvalue weighted by atomic mass is 35.5. The number of carbonyl (C=O) groups is 2. The highest BCUT2D eigenvalue weighted by Crippen LogP contribution is 2.26. The van der Waals surface area contributed by atoms with Gasteiger partial charge in [0, 0.05) is 23.2 Å². The van der Waals surface area contributed by atoms with Crippen LogP contribution < -0.4 is 10.6 Å². The van der Waals surface area contributed by atoms with Crippen LogP contribution in [0.5, 0.6) is 0 Å². The van der Waals surface area contributed by atoms with Gasteiger partial charge in [-0.25, -0.2) is 13.8 Å². The molecule has 0 aliphatic carbocycles. The molecule has 33 heavy (non-hydrogen) atoms. The van der Waals surface area contributed by atoms with Gasteiger partial charge < -0.3 is 10.3 Å². The standard InChI is InChI=1S/C23H24ClF2N5O2/c1-12-17(14-5-7-15(24)8-6-14)30-22(29-12)31-20(32)16-9-13(10-27-18(16)19(25)26)11-28-21(33)23(2,3)4/h5-10,19H,11H2,1-4H3,(H,28,33)(H2,29,30,31,32). The molecular formula is C23H24ClF2N5O2. The van der Waals surface area contributed by atoms with Gasteiger partial charge in [-0.15, -0.1) is 0 Å².